The van der Waals surface area contributed by atoms with Crippen LogP contribution in [0.5, 0.6) is 0 Å². The summed E-state index contributed by atoms with van der Waals surface area (Å²) < 4.78 is 27.6. The molecule has 7 heteroatoms. The van der Waals surface area contributed by atoms with Crippen molar-refractivity contribution < 1.29 is 13.2 Å². The molecule has 6 nitrogen and oxygen atoms in total. The molecule has 0 aliphatic carbocycles. The van der Waals surface area contributed by atoms with Crippen LogP contribution in [-0.4, -0.2) is 56.3 Å². The van der Waals surface area contributed by atoms with Gasteiger partial charge in [0.05, 0.1) is 11.4 Å². The summed E-state index contributed by atoms with van der Waals surface area (Å²) in [6.45, 7) is 7.88. The molecule has 1 aliphatic rings. The van der Waals surface area contributed by atoms with Gasteiger partial charge in [-0.05, 0) is 55.2 Å². The average Bonchev–Trinajstić information content (AvgIpc) is 2.70. The van der Waals surface area contributed by atoms with Gasteiger partial charge in [-0.15, -0.1) is 0 Å². The van der Waals surface area contributed by atoms with Gasteiger partial charge in [0.1, 0.15) is 0 Å². The lowest BCUT2D eigenvalue weighted by atomic mass is 10.1. The molecule has 0 spiro atoms. The normalized spacial score (nSPS) is 16.0. The number of aryl methyl sites for hydroxylation is 3. The Hall–Kier alpha value is -2.22. The third kappa shape index (κ3) is 5.23. The molecule has 0 bridgehead atoms. The van der Waals surface area contributed by atoms with Crippen molar-refractivity contribution in [3.8, 4) is 0 Å². The van der Waals surface area contributed by atoms with Gasteiger partial charge < -0.3 is 5.32 Å². The number of nitrogens with zero attached hydrogens (tertiary/aromatic N) is 2. The van der Waals surface area contributed by atoms with Gasteiger partial charge in [-0.3, -0.25) is 9.69 Å². The van der Waals surface area contributed by atoms with E-state index in [1.807, 2.05) is 55.1 Å². The monoisotopic (exact) mass is 415 g/mol. The van der Waals surface area contributed by atoms with Crippen LogP contribution in [0, 0.1) is 13.8 Å². The Labute approximate surface area is 173 Å². The van der Waals surface area contributed by atoms with E-state index in [0.29, 0.717) is 31.1 Å². The summed E-state index contributed by atoms with van der Waals surface area (Å²) in [5.74, 6) is -0.0795. The van der Waals surface area contributed by atoms with E-state index in [0.717, 1.165) is 23.2 Å². The van der Waals surface area contributed by atoms with Crippen molar-refractivity contribution in [2.75, 3.05) is 38.0 Å². The fraction of sp³-hybridized carbons (Fsp3) is 0.409. The lowest BCUT2D eigenvalue weighted by molar-refractivity contribution is -0.117. The van der Waals surface area contributed by atoms with Crippen molar-refractivity contribution in [2.24, 2.45) is 0 Å². The van der Waals surface area contributed by atoms with Crippen LogP contribution in [-0.2, 0) is 21.2 Å². The van der Waals surface area contributed by atoms with Gasteiger partial charge in [0.15, 0.2) is 0 Å². The van der Waals surface area contributed by atoms with Gasteiger partial charge in [-0.1, -0.05) is 31.2 Å². The van der Waals surface area contributed by atoms with Gasteiger partial charge >= 0.3 is 0 Å². The number of rotatable bonds is 6. The summed E-state index contributed by atoms with van der Waals surface area (Å²) in [7, 11) is -3.52. The zero-order valence-corrected chi connectivity index (χ0v) is 18.1. The quantitative estimate of drug-likeness (QED) is 0.788. The standard InChI is InChI=1S/C22H29N3O3S/c1-4-19-6-5-7-20(15-19)23-22(26)16-24-10-12-25(13-11-24)29(27,28)21-14-17(2)8-9-18(21)3/h5-9,14-15H,4,10-13,16H2,1-3H3,(H,23,26). The van der Waals surface area contributed by atoms with E-state index in [1.54, 1.807) is 6.07 Å². The number of piperazine rings is 1. The van der Waals surface area contributed by atoms with Gasteiger partial charge in [0.2, 0.25) is 15.9 Å². The molecule has 156 valence electrons. The SMILES string of the molecule is CCc1cccc(NC(=O)CN2CCN(S(=O)(=O)c3cc(C)ccc3C)CC2)c1. The Balaban J connectivity index is 1.57. The number of anilines is 1. The Kier molecular flexibility index (Phi) is 6.72. The fourth-order valence-electron chi connectivity index (χ4n) is 3.52. The van der Waals surface area contributed by atoms with E-state index in [4.69, 9.17) is 0 Å². The third-order valence-corrected chi connectivity index (χ3v) is 7.32. The molecular weight excluding hydrogens is 386 g/mol. The number of carbonyl (C=O) groups excluding carboxylic acids is 1. The van der Waals surface area contributed by atoms with E-state index >= 15 is 0 Å². The third-order valence-electron chi connectivity index (χ3n) is 5.28. The van der Waals surface area contributed by atoms with E-state index in [-0.39, 0.29) is 12.5 Å². The number of amides is 1. The molecular formula is C22H29N3O3S. The minimum Gasteiger partial charge on any atom is -0.325 e. The van der Waals surface area contributed by atoms with Gasteiger partial charge in [-0.25, -0.2) is 8.42 Å². The Morgan fingerprint density at radius 2 is 1.76 bits per heavy atom. The average molecular weight is 416 g/mol. The van der Waals surface area contributed by atoms with Crippen molar-refractivity contribution >= 4 is 21.6 Å². The summed E-state index contributed by atoms with van der Waals surface area (Å²) >= 11 is 0. The Morgan fingerprint density at radius 1 is 1.03 bits per heavy atom. The lowest BCUT2D eigenvalue weighted by Gasteiger charge is -2.33. The number of carbonyl (C=O) groups is 1. The molecule has 1 fully saturated rings. The Morgan fingerprint density at radius 3 is 2.45 bits per heavy atom. The minimum atomic E-state index is -3.52. The second-order valence-electron chi connectivity index (χ2n) is 7.55. The summed E-state index contributed by atoms with van der Waals surface area (Å²) in [5, 5.41) is 2.93. The highest BCUT2D eigenvalue weighted by molar-refractivity contribution is 7.89. The van der Waals surface area contributed by atoms with Crippen LogP contribution in [0.2, 0.25) is 0 Å². The maximum absolute atomic E-state index is 13.0. The highest BCUT2D eigenvalue weighted by Gasteiger charge is 2.30. The topological polar surface area (TPSA) is 69.7 Å². The predicted octanol–water partition coefficient (Wildman–Crippen LogP) is 2.81. The second kappa shape index (κ2) is 9.07. The molecule has 0 unspecified atom stereocenters. The van der Waals surface area contributed by atoms with Crippen LogP contribution in [0.25, 0.3) is 0 Å². The van der Waals surface area contributed by atoms with Gasteiger partial charge in [0, 0.05) is 31.9 Å². The van der Waals surface area contributed by atoms with Gasteiger partial charge in [0.25, 0.3) is 0 Å². The molecule has 1 saturated heterocycles. The molecule has 3 rings (SSSR count). The lowest BCUT2D eigenvalue weighted by Crippen LogP contribution is -2.50. The number of hydrogen-bond donors (Lipinski definition) is 1. The van der Waals surface area contributed by atoms with Crippen LogP contribution >= 0.6 is 0 Å². The van der Waals surface area contributed by atoms with Gasteiger partial charge in [-0.2, -0.15) is 4.31 Å². The highest BCUT2D eigenvalue weighted by Crippen LogP contribution is 2.22. The molecule has 1 aliphatic heterocycles. The molecule has 2 aromatic rings. The number of hydrogen-bond acceptors (Lipinski definition) is 4. The second-order valence-corrected chi connectivity index (χ2v) is 9.46. The highest BCUT2D eigenvalue weighted by atomic mass is 32.2. The van der Waals surface area contributed by atoms with Crippen LogP contribution in [0.4, 0.5) is 5.69 Å². The van der Waals surface area contributed by atoms with E-state index in [1.165, 1.54) is 9.87 Å². The summed E-state index contributed by atoms with van der Waals surface area (Å²) in [6.07, 6.45) is 0.917. The van der Waals surface area contributed by atoms with Crippen molar-refractivity contribution in [1.29, 1.82) is 0 Å². The summed E-state index contributed by atoms with van der Waals surface area (Å²) in [6, 6.07) is 13.3. The molecule has 0 saturated carbocycles. The van der Waals surface area contributed by atoms with Crippen LogP contribution in [0.1, 0.15) is 23.6 Å². The first kappa shape index (κ1) is 21.5. The first-order valence-electron chi connectivity index (χ1n) is 9.98. The predicted molar refractivity (Wildman–Crippen MR) is 116 cm³/mol. The summed E-state index contributed by atoms with van der Waals surface area (Å²) in [5.41, 5.74) is 3.65. The maximum Gasteiger partial charge on any atom is 0.243 e. The van der Waals surface area contributed by atoms with Crippen LogP contribution in [0.3, 0.4) is 0 Å². The van der Waals surface area contributed by atoms with Crippen LogP contribution < -0.4 is 5.32 Å². The first-order valence-corrected chi connectivity index (χ1v) is 11.4. The van der Waals surface area contributed by atoms with Crippen molar-refractivity contribution in [1.82, 2.24) is 9.21 Å². The molecule has 0 aromatic heterocycles. The van der Waals surface area contributed by atoms with E-state index in [9.17, 15) is 13.2 Å². The molecule has 0 radical (unpaired) electrons. The van der Waals surface area contributed by atoms with Crippen molar-refractivity contribution in [3.05, 3.63) is 59.2 Å². The number of sulfonamides is 1. The maximum atomic E-state index is 13.0. The van der Waals surface area contributed by atoms with Crippen molar-refractivity contribution in [2.45, 2.75) is 32.1 Å². The molecule has 2 aromatic carbocycles. The molecule has 1 N–H and O–H groups in total. The van der Waals surface area contributed by atoms with E-state index < -0.39 is 10.0 Å². The minimum absolute atomic E-state index is 0.0795. The fourth-order valence-corrected chi connectivity index (χ4v) is 5.26. The van der Waals surface area contributed by atoms with Crippen molar-refractivity contribution in [3.63, 3.8) is 0 Å². The van der Waals surface area contributed by atoms with E-state index in [2.05, 4.69) is 12.2 Å². The molecule has 1 amide bonds. The first-order chi connectivity index (χ1) is 13.8. The smallest absolute Gasteiger partial charge is 0.243 e. The van der Waals surface area contributed by atoms with Crippen LogP contribution in [0.15, 0.2) is 47.4 Å². The number of benzene rings is 2. The Bertz CT molecular complexity index is 981. The number of nitrogens with one attached hydrogen (secondary N) is 1. The molecule has 0 atom stereocenters. The zero-order valence-electron chi connectivity index (χ0n) is 17.3. The largest absolute Gasteiger partial charge is 0.325 e. The zero-order chi connectivity index (χ0) is 21.0. The molecule has 1 heterocycles. The molecule has 29 heavy (non-hydrogen) atoms. The summed E-state index contributed by atoms with van der Waals surface area (Å²) in [4.78, 5) is 14.7.